The highest BCUT2D eigenvalue weighted by molar-refractivity contribution is 8.40. The van der Waals surface area contributed by atoms with Crippen LogP contribution < -0.4 is 0 Å². The second-order valence-corrected chi connectivity index (χ2v) is 5.43. The second-order valence-electron chi connectivity index (χ2n) is 3.34. The molecule has 0 N–H and O–H groups in total. The van der Waals surface area contributed by atoms with Gasteiger partial charge in [-0.15, -0.1) is 11.8 Å². The monoisotopic (exact) mass is 253 g/mol. The summed E-state index contributed by atoms with van der Waals surface area (Å²) < 4.78 is 2.54. The van der Waals surface area contributed by atoms with Crippen LogP contribution in [0.2, 0.25) is 0 Å². The number of hydrogen-bond acceptors (Lipinski definition) is 4. The van der Waals surface area contributed by atoms with Crippen molar-refractivity contribution in [2.45, 2.75) is 6.92 Å². The van der Waals surface area contributed by atoms with Gasteiger partial charge in [0.15, 0.2) is 0 Å². The fourth-order valence-corrected chi connectivity index (χ4v) is 2.79. The van der Waals surface area contributed by atoms with E-state index in [0.29, 0.717) is 4.91 Å². The van der Waals surface area contributed by atoms with Gasteiger partial charge in [0.2, 0.25) is 0 Å². The average Bonchev–Trinajstić information content (AvgIpc) is 2.72. The fourth-order valence-electron chi connectivity index (χ4n) is 1.38. The summed E-state index contributed by atoms with van der Waals surface area (Å²) in [6.45, 7) is 1.92. The maximum Gasteiger partial charge on any atom is 0.285 e. The quantitative estimate of drug-likeness (QED) is 0.719. The molecule has 1 aliphatic rings. The number of aromatic nitrogens is 2. The van der Waals surface area contributed by atoms with Crippen molar-refractivity contribution < 1.29 is 4.79 Å². The van der Waals surface area contributed by atoms with E-state index < -0.39 is 0 Å². The Hall–Kier alpha value is -1.01. The zero-order valence-electron chi connectivity index (χ0n) is 9.22. The summed E-state index contributed by atoms with van der Waals surface area (Å²) in [7, 11) is 1.86. The van der Waals surface area contributed by atoms with Gasteiger partial charge in [0.1, 0.15) is 4.38 Å². The van der Waals surface area contributed by atoms with Crippen LogP contribution in [0, 0.1) is 6.92 Å². The van der Waals surface area contributed by atoms with Gasteiger partial charge in [0, 0.05) is 18.8 Å². The molecule has 0 saturated heterocycles. The van der Waals surface area contributed by atoms with Crippen molar-refractivity contribution in [3.8, 4) is 0 Å². The third kappa shape index (κ3) is 2.22. The van der Waals surface area contributed by atoms with E-state index in [-0.39, 0.29) is 5.91 Å². The summed E-state index contributed by atoms with van der Waals surface area (Å²) in [4.78, 5) is 16.1. The van der Waals surface area contributed by atoms with Gasteiger partial charge in [-0.2, -0.15) is 10.1 Å². The van der Waals surface area contributed by atoms with Crippen LogP contribution in [0.25, 0.3) is 6.08 Å². The Morgan fingerprint density at radius 3 is 2.81 bits per heavy atom. The number of thioether (sulfide) groups is 2. The molecule has 0 bridgehead atoms. The highest BCUT2D eigenvalue weighted by Crippen LogP contribution is 2.32. The molecule has 0 atom stereocenters. The molecular weight excluding hydrogens is 242 g/mol. The summed E-state index contributed by atoms with van der Waals surface area (Å²) in [5, 5.41) is 4.23. The molecular formula is C10H11N3OS2. The Kier molecular flexibility index (Phi) is 3.20. The number of amides is 1. The van der Waals surface area contributed by atoms with Gasteiger partial charge < -0.3 is 0 Å². The van der Waals surface area contributed by atoms with Gasteiger partial charge in [0.25, 0.3) is 5.91 Å². The van der Waals surface area contributed by atoms with Crippen LogP contribution in [0.3, 0.4) is 0 Å². The number of aliphatic imine (C=N–C) groups is 1. The molecule has 0 aliphatic carbocycles. The molecule has 0 saturated carbocycles. The Morgan fingerprint density at radius 1 is 1.56 bits per heavy atom. The lowest BCUT2D eigenvalue weighted by Gasteiger charge is -1.93. The summed E-state index contributed by atoms with van der Waals surface area (Å²) >= 11 is 2.91. The Balaban J connectivity index is 2.27. The Morgan fingerprint density at radius 2 is 2.31 bits per heavy atom. The minimum Gasteiger partial charge on any atom is -0.275 e. The first-order valence-electron chi connectivity index (χ1n) is 4.67. The van der Waals surface area contributed by atoms with E-state index in [1.54, 1.807) is 4.68 Å². The summed E-state index contributed by atoms with van der Waals surface area (Å²) in [5.74, 6) is -0.155. The molecule has 4 nitrogen and oxygen atoms in total. The molecule has 0 spiro atoms. The molecule has 0 unspecified atom stereocenters. The van der Waals surface area contributed by atoms with Crippen LogP contribution in [0.4, 0.5) is 0 Å². The first kappa shape index (κ1) is 11.5. The molecule has 0 fully saturated rings. The molecule has 2 rings (SSSR count). The lowest BCUT2D eigenvalue weighted by Crippen LogP contribution is -1.87. The van der Waals surface area contributed by atoms with E-state index >= 15 is 0 Å². The smallest absolute Gasteiger partial charge is 0.275 e. The maximum absolute atomic E-state index is 11.5. The lowest BCUT2D eigenvalue weighted by atomic mass is 10.2. The van der Waals surface area contributed by atoms with Crippen molar-refractivity contribution in [1.82, 2.24) is 9.78 Å². The predicted octanol–water partition coefficient (Wildman–Crippen LogP) is 2.06. The van der Waals surface area contributed by atoms with Crippen molar-refractivity contribution in [2.75, 3.05) is 6.26 Å². The van der Waals surface area contributed by atoms with Crippen LogP contribution in [0.1, 0.15) is 11.3 Å². The first-order chi connectivity index (χ1) is 7.60. The molecule has 2 heterocycles. The molecule has 1 aromatic rings. The standard InChI is InChI=1S/C10H11N3OS2/c1-6-7(5-13(2)12-6)4-8-9(14)11-10(15-3)16-8/h4-5H,1-3H3. The first-order valence-corrected chi connectivity index (χ1v) is 6.71. The molecule has 84 valence electrons. The third-order valence-electron chi connectivity index (χ3n) is 2.11. The molecule has 1 aliphatic heterocycles. The molecule has 6 heteroatoms. The van der Waals surface area contributed by atoms with Crippen LogP contribution in [0.5, 0.6) is 0 Å². The second kappa shape index (κ2) is 4.47. The van der Waals surface area contributed by atoms with E-state index in [1.165, 1.54) is 23.5 Å². The molecule has 1 aromatic heterocycles. The number of rotatable bonds is 1. The number of carbonyl (C=O) groups is 1. The highest BCUT2D eigenvalue weighted by atomic mass is 32.2. The lowest BCUT2D eigenvalue weighted by molar-refractivity contribution is -0.113. The van der Waals surface area contributed by atoms with Gasteiger partial charge >= 0.3 is 0 Å². The fraction of sp³-hybridized carbons (Fsp3) is 0.300. The highest BCUT2D eigenvalue weighted by Gasteiger charge is 2.21. The number of nitrogens with zero attached hydrogens (tertiary/aromatic N) is 3. The molecule has 16 heavy (non-hydrogen) atoms. The minimum absolute atomic E-state index is 0.155. The van der Waals surface area contributed by atoms with E-state index in [0.717, 1.165) is 15.6 Å². The Bertz CT molecular complexity index is 502. The van der Waals surface area contributed by atoms with E-state index in [1.807, 2.05) is 32.5 Å². The third-order valence-corrected chi connectivity index (χ3v) is 4.08. The predicted molar refractivity (Wildman–Crippen MR) is 69.5 cm³/mol. The van der Waals surface area contributed by atoms with Gasteiger partial charge in [0.05, 0.1) is 10.6 Å². The van der Waals surface area contributed by atoms with Crippen LogP contribution in [0.15, 0.2) is 16.1 Å². The molecule has 0 aromatic carbocycles. The Labute approximate surface area is 102 Å². The average molecular weight is 253 g/mol. The largest absolute Gasteiger partial charge is 0.285 e. The normalized spacial score (nSPS) is 18.3. The molecule has 0 radical (unpaired) electrons. The molecule has 1 amide bonds. The van der Waals surface area contributed by atoms with E-state index in [2.05, 4.69) is 10.1 Å². The van der Waals surface area contributed by atoms with E-state index in [4.69, 9.17) is 0 Å². The number of aryl methyl sites for hydroxylation is 2. The van der Waals surface area contributed by atoms with Crippen LogP contribution in [-0.4, -0.2) is 26.3 Å². The summed E-state index contributed by atoms with van der Waals surface area (Å²) in [6.07, 6.45) is 5.66. The van der Waals surface area contributed by atoms with Gasteiger partial charge in [-0.1, -0.05) is 11.8 Å². The summed E-state index contributed by atoms with van der Waals surface area (Å²) in [5.41, 5.74) is 1.89. The zero-order chi connectivity index (χ0) is 11.7. The van der Waals surface area contributed by atoms with Gasteiger partial charge in [-0.05, 0) is 19.3 Å². The van der Waals surface area contributed by atoms with Crippen molar-refractivity contribution in [1.29, 1.82) is 0 Å². The van der Waals surface area contributed by atoms with Crippen molar-refractivity contribution in [3.05, 3.63) is 22.4 Å². The minimum atomic E-state index is -0.155. The van der Waals surface area contributed by atoms with Gasteiger partial charge in [-0.3, -0.25) is 9.48 Å². The zero-order valence-corrected chi connectivity index (χ0v) is 10.9. The summed E-state index contributed by atoms with van der Waals surface area (Å²) in [6, 6.07) is 0. The number of hydrogen-bond donors (Lipinski definition) is 0. The van der Waals surface area contributed by atoms with Crippen molar-refractivity contribution in [2.24, 2.45) is 12.0 Å². The van der Waals surface area contributed by atoms with E-state index in [9.17, 15) is 4.79 Å². The van der Waals surface area contributed by atoms with Crippen molar-refractivity contribution >= 4 is 39.9 Å². The van der Waals surface area contributed by atoms with Crippen molar-refractivity contribution in [3.63, 3.8) is 0 Å². The topological polar surface area (TPSA) is 47.2 Å². The van der Waals surface area contributed by atoms with Gasteiger partial charge in [-0.25, -0.2) is 0 Å². The maximum atomic E-state index is 11.5. The number of carbonyl (C=O) groups excluding carboxylic acids is 1. The van der Waals surface area contributed by atoms with Crippen LogP contribution >= 0.6 is 23.5 Å². The van der Waals surface area contributed by atoms with Crippen LogP contribution in [-0.2, 0) is 11.8 Å². The SMILES string of the molecule is CSC1=NC(=O)C(=Cc2cn(C)nc2C)S1.